The van der Waals surface area contributed by atoms with Gasteiger partial charge in [-0.25, -0.2) is 0 Å². The van der Waals surface area contributed by atoms with Crippen molar-refractivity contribution in [2.45, 2.75) is 6.92 Å². The monoisotopic (exact) mass is 199 g/mol. The number of aldehydes is 1. The van der Waals surface area contributed by atoms with Crippen molar-refractivity contribution in [3.05, 3.63) is 28.0 Å². The fraction of sp³-hybridized carbons (Fsp3) is 0.143. The third-order valence-corrected chi connectivity index (χ3v) is 1.83. The number of aromatic nitrogens is 1. The number of carbonyl (C=O) groups is 1. The van der Waals surface area contributed by atoms with Crippen molar-refractivity contribution >= 4 is 22.2 Å². The minimum Gasteiger partial charge on any atom is -0.298 e. The minimum atomic E-state index is 0.589. The summed E-state index contributed by atoms with van der Waals surface area (Å²) >= 11 is 3.24. The molecule has 10 heavy (non-hydrogen) atoms. The minimum absolute atomic E-state index is 0.589. The molecule has 0 N–H and O–H groups in total. The van der Waals surface area contributed by atoms with Crippen molar-refractivity contribution in [1.29, 1.82) is 0 Å². The molecule has 1 heterocycles. The standard InChI is InChI=1S/C7H6BrNO/c1-5-2-7(8)6(4-10)3-9-5/h2-4H,1H3. The Hall–Kier alpha value is -0.700. The summed E-state index contributed by atoms with van der Waals surface area (Å²) in [5.41, 5.74) is 1.49. The van der Waals surface area contributed by atoms with E-state index < -0.39 is 0 Å². The maximum absolute atomic E-state index is 10.3. The summed E-state index contributed by atoms with van der Waals surface area (Å²) in [6, 6.07) is 1.81. The lowest BCUT2D eigenvalue weighted by molar-refractivity contribution is 0.112. The van der Waals surface area contributed by atoms with Crippen LogP contribution in [0.4, 0.5) is 0 Å². The Bertz CT molecular complexity index is 260. The zero-order valence-corrected chi connectivity index (χ0v) is 7.05. The molecule has 0 spiro atoms. The molecule has 0 saturated heterocycles. The van der Waals surface area contributed by atoms with Crippen LogP contribution in [0.3, 0.4) is 0 Å². The second-order valence-electron chi connectivity index (χ2n) is 1.97. The smallest absolute Gasteiger partial charge is 0.152 e. The van der Waals surface area contributed by atoms with Crippen LogP contribution in [0.15, 0.2) is 16.7 Å². The Kier molecular flexibility index (Phi) is 2.17. The molecule has 1 rings (SSSR count). The van der Waals surface area contributed by atoms with Crippen molar-refractivity contribution in [1.82, 2.24) is 4.98 Å². The molecule has 0 amide bonds. The van der Waals surface area contributed by atoms with E-state index in [1.54, 1.807) is 6.20 Å². The van der Waals surface area contributed by atoms with Gasteiger partial charge in [0.1, 0.15) is 0 Å². The van der Waals surface area contributed by atoms with Gasteiger partial charge in [0, 0.05) is 21.9 Å². The number of hydrogen-bond donors (Lipinski definition) is 0. The van der Waals surface area contributed by atoms with Crippen molar-refractivity contribution in [2.24, 2.45) is 0 Å². The van der Waals surface area contributed by atoms with Crippen LogP contribution in [0.1, 0.15) is 16.1 Å². The molecule has 0 saturated carbocycles. The summed E-state index contributed by atoms with van der Waals surface area (Å²) in [5.74, 6) is 0. The van der Waals surface area contributed by atoms with Gasteiger partial charge in [-0.05, 0) is 28.9 Å². The second kappa shape index (κ2) is 2.92. The third-order valence-electron chi connectivity index (χ3n) is 1.15. The van der Waals surface area contributed by atoms with Crippen LogP contribution in [-0.4, -0.2) is 11.3 Å². The fourth-order valence-corrected chi connectivity index (χ4v) is 1.15. The van der Waals surface area contributed by atoms with Crippen LogP contribution in [0.2, 0.25) is 0 Å². The molecule has 0 aliphatic carbocycles. The highest BCUT2D eigenvalue weighted by molar-refractivity contribution is 9.10. The molecule has 0 aromatic carbocycles. The molecule has 0 aliphatic rings. The number of pyridine rings is 1. The zero-order chi connectivity index (χ0) is 7.56. The Balaban J connectivity index is 3.19. The fourth-order valence-electron chi connectivity index (χ4n) is 0.624. The van der Waals surface area contributed by atoms with Crippen molar-refractivity contribution in [2.75, 3.05) is 0 Å². The Morgan fingerprint density at radius 3 is 2.90 bits per heavy atom. The average molecular weight is 200 g/mol. The van der Waals surface area contributed by atoms with E-state index in [4.69, 9.17) is 0 Å². The van der Waals surface area contributed by atoms with Crippen LogP contribution in [0, 0.1) is 6.92 Å². The molecule has 1 aromatic rings. The second-order valence-corrected chi connectivity index (χ2v) is 2.82. The first-order valence-corrected chi connectivity index (χ1v) is 3.60. The SMILES string of the molecule is Cc1cc(Br)c(C=O)cn1. The molecule has 0 bridgehead atoms. The molecule has 2 nitrogen and oxygen atoms in total. The summed E-state index contributed by atoms with van der Waals surface area (Å²) in [6.45, 7) is 1.87. The van der Waals surface area contributed by atoms with Gasteiger partial charge in [0.05, 0.1) is 0 Å². The number of hydrogen-bond acceptors (Lipinski definition) is 2. The van der Waals surface area contributed by atoms with Gasteiger partial charge in [0.15, 0.2) is 6.29 Å². The van der Waals surface area contributed by atoms with E-state index in [1.807, 2.05) is 13.0 Å². The zero-order valence-electron chi connectivity index (χ0n) is 5.47. The van der Waals surface area contributed by atoms with E-state index in [-0.39, 0.29) is 0 Å². The van der Waals surface area contributed by atoms with Gasteiger partial charge < -0.3 is 0 Å². The summed E-state index contributed by atoms with van der Waals surface area (Å²) in [5, 5.41) is 0. The predicted octanol–water partition coefficient (Wildman–Crippen LogP) is 1.97. The van der Waals surface area contributed by atoms with E-state index in [2.05, 4.69) is 20.9 Å². The van der Waals surface area contributed by atoms with E-state index in [9.17, 15) is 4.79 Å². The average Bonchev–Trinajstić information content (AvgIpc) is 1.88. The van der Waals surface area contributed by atoms with E-state index in [0.29, 0.717) is 5.56 Å². The third kappa shape index (κ3) is 1.42. The first-order chi connectivity index (χ1) is 4.74. The largest absolute Gasteiger partial charge is 0.298 e. The van der Waals surface area contributed by atoms with Crippen LogP contribution < -0.4 is 0 Å². The van der Waals surface area contributed by atoms with Crippen molar-refractivity contribution in [3.8, 4) is 0 Å². The first kappa shape index (κ1) is 7.41. The number of aryl methyl sites for hydroxylation is 1. The lowest BCUT2D eigenvalue weighted by Crippen LogP contribution is -1.86. The predicted molar refractivity (Wildman–Crippen MR) is 42.1 cm³/mol. The lowest BCUT2D eigenvalue weighted by Gasteiger charge is -1.94. The summed E-state index contributed by atoms with van der Waals surface area (Å²) in [7, 11) is 0. The first-order valence-electron chi connectivity index (χ1n) is 2.81. The van der Waals surface area contributed by atoms with Crippen molar-refractivity contribution in [3.63, 3.8) is 0 Å². The summed E-state index contributed by atoms with van der Waals surface area (Å²) in [4.78, 5) is 14.2. The topological polar surface area (TPSA) is 30.0 Å². The molecule has 3 heteroatoms. The Morgan fingerprint density at radius 1 is 1.70 bits per heavy atom. The van der Waals surface area contributed by atoms with Crippen LogP contribution in [-0.2, 0) is 0 Å². The van der Waals surface area contributed by atoms with Crippen LogP contribution >= 0.6 is 15.9 Å². The molecule has 52 valence electrons. The lowest BCUT2D eigenvalue weighted by atomic mass is 10.3. The number of nitrogens with zero attached hydrogens (tertiary/aromatic N) is 1. The number of halogens is 1. The molecule has 1 aromatic heterocycles. The highest BCUT2D eigenvalue weighted by Gasteiger charge is 1.96. The van der Waals surface area contributed by atoms with Crippen LogP contribution in [0.25, 0.3) is 0 Å². The molecule has 0 radical (unpaired) electrons. The van der Waals surface area contributed by atoms with Gasteiger partial charge >= 0.3 is 0 Å². The van der Waals surface area contributed by atoms with Gasteiger partial charge in [0.2, 0.25) is 0 Å². The normalized spacial score (nSPS) is 9.40. The molecule has 0 atom stereocenters. The maximum Gasteiger partial charge on any atom is 0.152 e. The Morgan fingerprint density at radius 2 is 2.40 bits per heavy atom. The molecule has 0 unspecified atom stereocenters. The highest BCUT2D eigenvalue weighted by Crippen LogP contribution is 2.13. The van der Waals surface area contributed by atoms with E-state index in [1.165, 1.54) is 0 Å². The maximum atomic E-state index is 10.3. The highest BCUT2D eigenvalue weighted by atomic mass is 79.9. The molecular weight excluding hydrogens is 194 g/mol. The Labute approximate surface area is 67.4 Å². The van der Waals surface area contributed by atoms with E-state index >= 15 is 0 Å². The van der Waals surface area contributed by atoms with Gasteiger partial charge in [-0.3, -0.25) is 9.78 Å². The number of carbonyl (C=O) groups excluding carboxylic acids is 1. The van der Waals surface area contributed by atoms with Gasteiger partial charge in [-0.15, -0.1) is 0 Å². The number of rotatable bonds is 1. The van der Waals surface area contributed by atoms with E-state index in [0.717, 1.165) is 16.5 Å². The molecule has 0 aliphatic heterocycles. The molecule has 0 fully saturated rings. The van der Waals surface area contributed by atoms with Gasteiger partial charge in [-0.1, -0.05) is 0 Å². The van der Waals surface area contributed by atoms with Crippen molar-refractivity contribution < 1.29 is 4.79 Å². The summed E-state index contributed by atoms with van der Waals surface area (Å²) < 4.78 is 0.801. The molecular formula is C7H6BrNO. The quantitative estimate of drug-likeness (QED) is 0.648. The van der Waals surface area contributed by atoms with Crippen LogP contribution in [0.5, 0.6) is 0 Å². The van der Waals surface area contributed by atoms with Gasteiger partial charge in [-0.2, -0.15) is 0 Å². The van der Waals surface area contributed by atoms with Gasteiger partial charge in [0.25, 0.3) is 0 Å². The summed E-state index contributed by atoms with van der Waals surface area (Å²) in [6.07, 6.45) is 2.32.